The van der Waals surface area contributed by atoms with E-state index in [2.05, 4.69) is 22.2 Å². The summed E-state index contributed by atoms with van der Waals surface area (Å²) in [7, 11) is 1.39. The predicted molar refractivity (Wildman–Crippen MR) is 130 cm³/mol. The van der Waals surface area contributed by atoms with E-state index in [0.717, 1.165) is 58.7 Å². The minimum atomic E-state index is -0.373. The number of hydrogen-bond donors (Lipinski definition) is 1. The van der Waals surface area contributed by atoms with Crippen molar-refractivity contribution in [1.82, 2.24) is 9.97 Å². The highest BCUT2D eigenvalue weighted by atomic mass is 32.2. The molecule has 0 radical (unpaired) electrons. The minimum absolute atomic E-state index is 0.136. The second kappa shape index (κ2) is 8.76. The molecule has 1 N–H and O–H groups in total. The number of hydrogen-bond acceptors (Lipinski definition) is 8. The van der Waals surface area contributed by atoms with E-state index in [1.807, 2.05) is 6.92 Å². The standard InChI is InChI=1S/C23H25N3O3S3/c1-11-7-8-14-16(9-11)32-22(19(14)23(28)29-3)26-17(27)10-30-20-18-13-5-4-6-15(13)31-21(18)25-12(2)24-20/h11H,4-10H2,1-3H3,(H,26,27)/t11-/m0/s1. The average molecular weight is 488 g/mol. The number of methoxy groups -OCH3 is 1. The van der Waals surface area contributed by atoms with Crippen LogP contribution in [0.5, 0.6) is 0 Å². The highest BCUT2D eigenvalue weighted by Gasteiger charge is 2.29. The molecule has 0 bridgehead atoms. The fraction of sp³-hybridized carbons (Fsp3) is 0.478. The number of esters is 1. The lowest BCUT2D eigenvalue weighted by molar-refractivity contribution is -0.113. The number of anilines is 1. The van der Waals surface area contributed by atoms with Crippen LogP contribution in [0, 0.1) is 12.8 Å². The molecule has 32 heavy (non-hydrogen) atoms. The lowest BCUT2D eigenvalue weighted by atomic mass is 9.88. The van der Waals surface area contributed by atoms with Crippen LogP contribution in [-0.2, 0) is 35.2 Å². The third kappa shape index (κ3) is 3.95. The number of thioether (sulfide) groups is 1. The first-order valence-electron chi connectivity index (χ1n) is 10.9. The molecular weight excluding hydrogens is 462 g/mol. The summed E-state index contributed by atoms with van der Waals surface area (Å²) >= 11 is 4.73. The van der Waals surface area contributed by atoms with Crippen molar-refractivity contribution >= 4 is 61.5 Å². The average Bonchev–Trinajstić information content (AvgIpc) is 3.43. The molecule has 9 heteroatoms. The van der Waals surface area contributed by atoms with E-state index in [-0.39, 0.29) is 17.6 Å². The summed E-state index contributed by atoms with van der Waals surface area (Å²) in [6, 6.07) is 0. The summed E-state index contributed by atoms with van der Waals surface area (Å²) < 4.78 is 5.03. The Balaban J connectivity index is 1.37. The summed E-state index contributed by atoms with van der Waals surface area (Å²) in [5, 5.41) is 5.62. The number of rotatable bonds is 5. The van der Waals surface area contributed by atoms with Gasteiger partial charge in [0.2, 0.25) is 5.91 Å². The maximum absolute atomic E-state index is 12.9. The van der Waals surface area contributed by atoms with Crippen molar-refractivity contribution in [3.05, 3.63) is 32.3 Å². The molecule has 3 aromatic rings. The molecule has 3 aromatic heterocycles. The number of ether oxygens (including phenoxy) is 1. The monoisotopic (exact) mass is 487 g/mol. The van der Waals surface area contributed by atoms with Gasteiger partial charge in [-0.15, -0.1) is 22.7 Å². The Morgan fingerprint density at radius 1 is 1.16 bits per heavy atom. The van der Waals surface area contributed by atoms with Gasteiger partial charge in [-0.1, -0.05) is 18.7 Å². The molecule has 2 aliphatic rings. The number of aromatic nitrogens is 2. The Kier molecular flexibility index (Phi) is 5.98. The summed E-state index contributed by atoms with van der Waals surface area (Å²) in [6.07, 6.45) is 6.18. The quantitative estimate of drug-likeness (QED) is 0.303. The van der Waals surface area contributed by atoms with Gasteiger partial charge in [-0.3, -0.25) is 4.79 Å². The first-order valence-corrected chi connectivity index (χ1v) is 13.5. The van der Waals surface area contributed by atoms with E-state index >= 15 is 0 Å². The molecule has 5 rings (SSSR count). The Morgan fingerprint density at radius 3 is 2.81 bits per heavy atom. The van der Waals surface area contributed by atoms with Crippen LogP contribution in [0.15, 0.2) is 5.03 Å². The van der Waals surface area contributed by atoms with Gasteiger partial charge >= 0.3 is 5.97 Å². The zero-order chi connectivity index (χ0) is 22.4. The first-order chi connectivity index (χ1) is 15.4. The lowest BCUT2D eigenvalue weighted by Gasteiger charge is -2.18. The maximum Gasteiger partial charge on any atom is 0.341 e. The van der Waals surface area contributed by atoms with Crippen LogP contribution in [0.4, 0.5) is 5.00 Å². The van der Waals surface area contributed by atoms with Crippen molar-refractivity contribution in [2.24, 2.45) is 5.92 Å². The molecule has 0 aromatic carbocycles. The molecule has 1 amide bonds. The van der Waals surface area contributed by atoms with Crippen molar-refractivity contribution in [2.45, 2.75) is 57.4 Å². The van der Waals surface area contributed by atoms with Gasteiger partial charge in [-0.05, 0) is 62.5 Å². The fourth-order valence-electron chi connectivity index (χ4n) is 4.62. The SMILES string of the molecule is COC(=O)c1c(NC(=O)CSc2nc(C)nc3sc4c(c23)CCC4)sc2c1CC[C@H](C)C2. The van der Waals surface area contributed by atoms with Crippen LogP contribution in [-0.4, -0.2) is 34.7 Å². The number of nitrogens with zero attached hydrogens (tertiary/aromatic N) is 2. The minimum Gasteiger partial charge on any atom is -0.465 e. The summed E-state index contributed by atoms with van der Waals surface area (Å²) in [5.74, 6) is 1.04. The van der Waals surface area contributed by atoms with Crippen molar-refractivity contribution in [3.8, 4) is 0 Å². The van der Waals surface area contributed by atoms with Gasteiger partial charge in [0.25, 0.3) is 0 Å². The third-order valence-corrected chi connectivity index (χ3v) is 9.47. The van der Waals surface area contributed by atoms with Crippen LogP contribution in [0.3, 0.4) is 0 Å². The zero-order valence-electron chi connectivity index (χ0n) is 18.4. The largest absolute Gasteiger partial charge is 0.465 e. The lowest BCUT2D eigenvalue weighted by Crippen LogP contribution is -2.17. The summed E-state index contributed by atoms with van der Waals surface area (Å²) in [4.78, 5) is 38.3. The molecule has 0 saturated heterocycles. The molecule has 168 valence electrons. The number of fused-ring (bicyclic) bond motifs is 4. The molecule has 0 aliphatic heterocycles. The van der Waals surface area contributed by atoms with Crippen LogP contribution in [0.25, 0.3) is 10.2 Å². The Labute approximate surface area is 199 Å². The van der Waals surface area contributed by atoms with Crippen LogP contribution in [0.2, 0.25) is 0 Å². The van der Waals surface area contributed by atoms with Gasteiger partial charge in [-0.2, -0.15) is 0 Å². The van der Waals surface area contributed by atoms with Gasteiger partial charge in [0.15, 0.2) is 0 Å². The Morgan fingerprint density at radius 2 is 2.00 bits per heavy atom. The third-order valence-electron chi connectivity index (χ3n) is 6.14. The second-order valence-corrected chi connectivity index (χ2v) is 11.7. The maximum atomic E-state index is 12.9. The van der Waals surface area contributed by atoms with E-state index in [4.69, 9.17) is 4.74 Å². The van der Waals surface area contributed by atoms with Crippen molar-refractivity contribution in [1.29, 1.82) is 0 Å². The first kappa shape index (κ1) is 21.9. The number of nitrogens with one attached hydrogen (secondary N) is 1. The van der Waals surface area contributed by atoms with Gasteiger partial charge in [-0.25, -0.2) is 14.8 Å². The molecule has 1 atom stereocenters. The zero-order valence-corrected chi connectivity index (χ0v) is 20.8. The molecule has 2 aliphatic carbocycles. The van der Waals surface area contributed by atoms with Crippen molar-refractivity contribution < 1.29 is 14.3 Å². The van der Waals surface area contributed by atoms with E-state index < -0.39 is 0 Å². The van der Waals surface area contributed by atoms with Gasteiger partial charge < -0.3 is 10.1 Å². The molecular formula is C23H25N3O3S3. The number of carbonyl (C=O) groups excluding carboxylic acids is 2. The Bertz CT molecular complexity index is 1230. The number of aryl methyl sites for hydroxylation is 3. The van der Waals surface area contributed by atoms with Gasteiger partial charge in [0, 0.05) is 15.1 Å². The van der Waals surface area contributed by atoms with Crippen LogP contribution in [0.1, 0.15) is 56.8 Å². The normalized spacial score (nSPS) is 17.3. The topological polar surface area (TPSA) is 81.2 Å². The number of carbonyl (C=O) groups is 2. The molecule has 6 nitrogen and oxygen atoms in total. The highest BCUT2D eigenvalue weighted by molar-refractivity contribution is 8.00. The van der Waals surface area contributed by atoms with E-state index in [0.29, 0.717) is 16.5 Å². The predicted octanol–water partition coefficient (Wildman–Crippen LogP) is 5.19. The molecule has 3 heterocycles. The molecule has 0 unspecified atom stereocenters. The van der Waals surface area contributed by atoms with Gasteiger partial charge in [0.1, 0.15) is 20.7 Å². The van der Waals surface area contributed by atoms with Crippen molar-refractivity contribution in [3.63, 3.8) is 0 Å². The summed E-state index contributed by atoms with van der Waals surface area (Å²) in [6.45, 7) is 4.12. The summed E-state index contributed by atoms with van der Waals surface area (Å²) in [5.41, 5.74) is 2.94. The number of amides is 1. The second-order valence-electron chi connectivity index (χ2n) is 8.50. The molecule has 0 saturated carbocycles. The van der Waals surface area contributed by atoms with Crippen LogP contribution >= 0.6 is 34.4 Å². The Hall–Kier alpha value is -1.97. The molecule has 0 spiro atoms. The molecule has 0 fully saturated rings. The van der Waals surface area contributed by atoms with E-state index in [1.54, 1.807) is 11.3 Å². The van der Waals surface area contributed by atoms with E-state index in [1.165, 1.54) is 51.9 Å². The highest BCUT2D eigenvalue weighted by Crippen LogP contribution is 2.42. The smallest absolute Gasteiger partial charge is 0.341 e. The van der Waals surface area contributed by atoms with Crippen LogP contribution < -0.4 is 5.32 Å². The van der Waals surface area contributed by atoms with Gasteiger partial charge in [0.05, 0.1) is 18.4 Å². The number of thiophene rings is 2. The van der Waals surface area contributed by atoms with E-state index in [9.17, 15) is 9.59 Å². The fourth-order valence-corrected chi connectivity index (χ4v) is 8.31. The van der Waals surface area contributed by atoms with Crippen molar-refractivity contribution in [2.75, 3.05) is 18.2 Å².